The average Bonchev–Trinajstić information content (AvgIpc) is 2.57. The molecule has 0 aliphatic carbocycles. The van der Waals surface area contributed by atoms with Gasteiger partial charge in [0.25, 0.3) is 0 Å². The first-order chi connectivity index (χ1) is 6.68. The average molecular weight is 190 g/mol. The third-order valence-electron chi connectivity index (χ3n) is 3.14. The highest BCUT2D eigenvalue weighted by atomic mass is 15.2. The molecule has 14 heavy (non-hydrogen) atoms. The van der Waals surface area contributed by atoms with Crippen LogP contribution in [0.2, 0.25) is 0 Å². The van der Waals surface area contributed by atoms with Crippen LogP contribution in [0.1, 0.15) is 25.3 Å². The van der Waals surface area contributed by atoms with Gasteiger partial charge in [0.2, 0.25) is 0 Å². The van der Waals surface area contributed by atoms with Crippen molar-refractivity contribution in [3.05, 3.63) is 23.8 Å². The van der Waals surface area contributed by atoms with Gasteiger partial charge < -0.3 is 10.6 Å². The molecule has 1 aromatic rings. The summed E-state index contributed by atoms with van der Waals surface area (Å²) >= 11 is 0. The van der Waals surface area contributed by atoms with Crippen molar-refractivity contribution >= 4 is 11.4 Å². The fraction of sp³-hybridized carbons (Fsp3) is 0.500. The van der Waals surface area contributed by atoms with Crippen molar-refractivity contribution in [2.24, 2.45) is 0 Å². The number of hydrogen-bond donors (Lipinski definition) is 1. The Bertz CT molecular complexity index is 333. The Morgan fingerprint density at radius 3 is 2.79 bits per heavy atom. The molecule has 76 valence electrons. The van der Waals surface area contributed by atoms with E-state index >= 15 is 0 Å². The molecule has 1 fully saturated rings. The van der Waals surface area contributed by atoms with Gasteiger partial charge in [-0.2, -0.15) is 0 Å². The summed E-state index contributed by atoms with van der Waals surface area (Å²) in [5, 5.41) is 0. The number of hydrogen-bond acceptors (Lipinski definition) is 2. The van der Waals surface area contributed by atoms with Gasteiger partial charge in [0.1, 0.15) is 0 Å². The van der Waals surface area contributed by atoms with Gasteiger partial charge in [-0.05, 0) is 50.5 Å². The van der Waals surface area contributed by atoms with E-state index in [-0.39, 0.29) is 0 Å². The summed E-state index contributed by atoms with van der Waals surface area (Å²) in [7, 11) is 0. The second kappa shape index (κ2) is 3.52. The van der Waals surface area contributed by atoms with E-state index in [0.717, 1.165) is 5.69 Å². The van der Waals surface area contributed by atoms with Gasteiger partial charge in [-0.15, -0.1) is 0 Å². The van der Waals surface area contributed by atoms with Gasteiger partial charge in [-0.25, -0.2) is 0 Å². The Kier molecular flexibility index (Phi) is 2.36. The first-order valence-electron chi connectivity index (χ1n) is 5.31. The Labute approximate surface area is 85.7 Å². The minimum absolute atomic E-state index is 0.679. The van der Waals surface area contributed by atoms with E-state index in [9.17, 15) is 0 Å². The summed E-state index contributed by atoms with van der Waals surface area (Å²) in [6, 6.07) is 7.01. The number of nitrogens with zero attached hydrogens (tertiary/aromatic N) is 1. The van der Waals surface area contributed by atoms with Crippen molar-refractivity contribution < 1.29 is 0 Å². The Hall–Kier alpha value is -1.18. The van der Waals surface area contributed by atoms with Crippen LogP contribution in [0, 0.1) is 6.92 Å². The molecule has 1 heterocycles. The lowest BCUT2D eigenvalue weighted by molar-refractivity contribution is 0.735. The van der Waals surface area contributed by atoms with Crippen LogP contribution in [0.4, 0.5) is 11.4 Å². The molecule has 0 amide bonds. The van der Waals surface area contributed by atoms with Crippen LogP contribution < -0.4 is 10.6 Å². The lowest BCUT2D eigenvalue weighted by Crippen LogP contribution is -2.26. The molecule has 2 rings (SSSR count). The highest BCUT2D eigenvalue weighted by molar-refractivity contribution is 5.58. The minimum atomic E-state index is 0.679. The topological polar surface area (TPSA) is 29.3 Å². The Balaban J connectivity index is 2.28. The zero-order chi connectivity index (χ0) is 10.1. The summed E-state index contributed by atoms with van der Waals surface area (Å²) in [5.41, 5.74) is 9.20. The van der Waals surface area contributed by atoms with Crippen molar-refractivity contribution in [3.63, 3.8) is 0 Å². The number of nitrogen functional groups attached to an aromatic ring is 1. The highest BCUT2D eigenvalue weighted by Gasteiger charge is 2.20. The molecule has 1 aliphatic rings. The molecule has 0 spiro atoms. The van der Waals surface area contributed by atoms with Crippen molar-refractivity contribution in [2.45, 2.75) is 32.7 Å². The molecule has 0 aromatic heterocycles. The Morgan fingerprint density at radius 2 is 2.21 bits per heavy atom. The highest BCUT2D eigenvalue weighted by Crippen LogP contribution is 2.27. The number of aryl methyl sites for hydroxylation is 1. The standard InChI is InChI=1S/C12H18N2/c1-9-8-11(5-6-12(9)13)14-7-3-4-10(14)2/h5-6,8,10H,3-4,7,13H2,1-2H3/t10-/m0/s1. The quantitative estimate of drug-likeness (QED) is 0.690. The van der Waals surface area contributed by atoms with Crippen molar-refractivity contribution in [1.82, 2.24) is 0 Å². The normalized spacial score (nSPS) is 21.6. The van der Waals surface area contributed by atoms with E-state index in [1.807, 2.05) is 6.07 Å². The molecule has 0 saturated carbocycles. The van der Waals surface area contributed by atoms with Gasteiger partial charge in [-0.1, -0.05) is 0 Å². The molecule has 0 radical (unpaired) electrons. The summed E-state index contributed by atoms with van der Waals surface area (Å²) in [6.07, 6.45) is 2.62. The Morgan fingerprint density at radius 1 is 1.43 bits per heavy atom. The summed E-state index contributed by atoms with van der Waals surface area (Å²) in [4.78, 5) is 2.46. The number of rotatable bonds is 1. The van der Waals surface area contributed by atoms with Gasteiger partial charge in [0.15, 0.2) is 0 Å². The molecule has 1 aromatic carbocycles. The van der Waals surface area contributed by atoms with E-state index in [2.05, 4.69) is 30.9 Å². The zero-order valence-corrected chi connectivity index (χ0v) is 8.96. The molecule has 1 aliphatic heterocycles. The van der Waals surface area contributed by atoms with E-state index in [4.69, 9.17) is 5.73 Å². The smallest absolute Gasteiger partial charge is 0.0372 e. The molecule has 0 bridgehead atoms. The molecule has 0 unspecified atom stereocenters. The molecular formula is C12H18N2. The van der Waals surface area contributed by atoms with Gasteiger partial charge >= 0.3 is 0 Å². The van der Waals surface area contributed by atoms with E-state index in [1.165, 1.54) is 30.6 Å². The number of benzene rings is 1. The number of nitrogens with two attached hydrogens (primary N) is 1. The van der Waals surface area contributed by atoms with Gasteiger partial charge in [-0.3, -0.25) is 0 Å². The second-order valence-electron chi connectivity index (χ2n) is 4.23. The third-order valence-corrected chi connectivity index (χ3v) is 3.14. The van der Waals surface area contributed by atoms with E-state index in [0.29, 0.717) is 6.04 Å². The fourth-order valence-electron chi connectivity index (χ4n) is 2.16. The SMILES string of the molecule is Cc1cc(N2CCC[C@@H]2C)ccc1N. The van der Waals surface area contributed by atoms with Crippen molar-refractivity contribution in [3.8, 4) is 0 Å². The summed E-state index contributed by atoms with van der Waals surface area (Å²) in [6.45, 7) is 5.54. The fourth-order valence-corrected chi connectivity index (χ4v) is 2.16. The van der Waals surface area contributed by atoms with Crippen LogP contribution in [0.5, 0.6) is 0 Å². The predicted octanol–water partition coefficient (Wildman–Crippen LogP) is 2.57. The zero-order valence-electron chi connectivity index (χ0n) is 8.96. The lowest BCUT2D eigenvalue weighted by atomic mass is 10.1. The van der Waals surface area contributed by atoms with Crippen LogP contribution in [0.15, 0.2) is 18.2 Å². The van der Waals surface area contributed by atoms with Crippen molar-refractivity contribution in [2.75, 3.05) is 17.2 Å². The molecule has 2 N–H and O–H groups in total. The van der Waals surface area contributed by atoms with E-state index in [1.54, 1.807) is 0 Å². The summed E-state index contributed by atoms with van der Waals surface area (Å²) in [5.74, 6) is 0. The maximum absolute atomic E-state index is 5.80. The predicted molar refractivity (Wildman–Crippen MR) is 61.6 cm³/mol. The first-order valence-corrected chi connectivity index (χ1v) is 5.31. The van der Waals surface area contributed by atoms with Gasteiger partial charge in [0.05, 0.1) is 0 Å². The van der Waals surface area contributed by atoms with Crippen molar-refractivity contribution in [1.29, 1.82) is 0 Å². The van der Waals surface area contributed by atoms with Crippen LogP contribution in [-0.4, -0.2) is 12.6 Å². The molecule has 2 heteroatoms. The maximum Gasteiger partial charge on any atom is 0.0372 e. The molecular weight excluding hydrogens is 172 g/mol. The largest absolute Gasteiger partial charge is 0.399 e. The first kappa shape index (κ1) is 9.38. The second-order valence-corrected chi connectivity index (χ2v) is 4.23. The van der Waals surface area contributed by atoms with E-state index < -0.39 is 0 Å². The lowest BCUT2D eigenvalue weighted by Gasteiger charge is -2.24. The monoisotopic (exact) mass is 190 g/mol. The minimum Gasteiger partial charge on any atom is -0.399 e. The van der Waals surface area contributed by atoms with Crippen LogP contribution in [0.25, 0.3) is 0 Å². The molecule has 1 saturated heterocycles. The van der Waals surface area contributed by atoms with Crippen LogP contribution >= 0.6 is 0 Å². The summed E-state index contributed by atoms with van der Waals surface area (Å²) < 4.78 is 0. The molecule has 2 nitrogen and oxygen atoms in total. The van der Waals surface area contributed by atoms with Crippen LogP contribution in [-0.2, 0) is 0 Å². The van der Waals surface area contributed by atoms with Gasteiger partial charge in [0, 0.05) is 24.0 Å². The maximum atomic E-state index is 5.80. The van der Waals surface area contributed by atoms with Crippen LogP contribution in [0.3, 0.4) is 0 Å². The molecule has 1 atom stereocenters. The third kappa shape index (κ3) is 1.57. The number of anilines is 2.